The first kappa shape index (κ1) is 11.1. The zero-order valence-electron chi connectivity index (χ0n) is 7.37. The smallest absolute Gasteiger partial charge is 0.309 e. The second kappa shape index (κ2) is 5.71. The third kappa shape index (κ3) is 4.08. The Hall–Kier alpha value is -0.900. The summed E-state index contributed by atoms with van der Waals surface area (Å²) in [5, 5.41) is 8.30. The molecule has 0 fully saturated rings. The van der Waals surface area contributed by atoms with Crippen molar-refractivity contribution in [1.82, 2.24) is 0 Å². The highest BCUT2D eigenvalue weighted by Gasteiger charge is 2.12. The molecule has 4 heteroatoms. The Balaban J connectivity index is 3.64. The van der Waals surface area contributed by atoms with E-state index >= 15 is 0 Å². The summed E-state index contributed by atoms with van der Waals surface area (Å²) in [5.41, 5.74) is 0. The van der Waals surface area contributed by atoms with Crippen molar-refractivity contribution in [3.63, 3.8) is 0 Å². The maximum atomic E-state index is 10.9. The molecule has 0 bridgehead atoms. The fourth-order valence-corrected chi connectivity index (χ4v) is 0.506. The van der Waals surface area contributed by atoms with Gasteiger partial charge in [0.1, 0.15) is 6.61 Å². The van der Waals surface area contributed by atoms with E-state index in [0.717, 1.165) is 0 Å². The van der Waals surface area contributed by atoms with Crippen molar-refractivity contribution >= 4 is 11.8 Å². The molecule has 0 radical (unpaired) electrons. The summed E-state index contributed by atoms with van der Waals surface area (Å²) < 4.78 is 4.60. The van der Waals surface area contributed by atoms with Crippen LogP contribution < -0.4 is 0 Å². The summed E-state index contributed by atoms with van der Waals surface area (Å²) in [6.07, 6.45) is 0.687. The quantitative estimate of drug-likeness (QED) is 0.602. The molecule has 4 nitrogen and oxygen atoms in total. The fraction of sp³-hybridized carbons (Fsp3) is 0.750. The summed E-state index contributed by atoms with van der Waals surface area (Å²) in [4.78, 5) is 21.4. The van der Waals surface area contributed by atoms with Crippen LogP contribution in [0.3, 0.4) is 0 Å². The van der Waals surface area contributed by atoms with Crippen LogP contribution in [0.15, 0.2) is 0 Å². The van der Waals surface area contributed by atoms with Gasteiger partial charge in [-0.25, -0.2) is 0 Å². The van der Waals surface area contributed by atoms with Gasteiger partial charge in [0.15, 0.2) is 12.4 Å². The minimum absolute atomic E-state index is 0.184. The molecular formula is C8H14O4. The highest BCUT2D eigenvalue weighted by molar-refractivity contribution is 5.83. The van der Waals surface area contributed by atoms with Gasteiger partial charge in [-0.3, -0.25) is 9.59 Å². The molecule has 0 heterocycles. The lowest BCUT2D eigenvalue weighted by molar-refractivity contribution is -0.152. The predicted molar refractivity (Wildman–Crippen MR) is 42.5 cm³/mol. The van der Waals surface area contributed by atoms with Crippen LogP contribution in [-0.4, -0.2) is 30.1 Å². The van der Waals surface area contributed by atoms with E-state index in [2.05, 4.69) is 4.74 Å². The number of hydrogen-bond acceptors (Lipinski definition) is 4. The number of Topliss-reactive ketones (excluding diaryl/α,β-unsaturated/α-hetero) is 1. The predicted octanol–water partition coefficient (Wildman–Crippen LogP) is 0.137. The molecule has 0 saturated carbocycles. The normalized spacial score (nSPS) is 12.2. The molecule has 1 N–H and O–H groups in total. The minimum atomic E-state index is -0.576. The maximum absolute atomic E-state index is 10.9. The fourth-order valence-electron chi connectivity index (χ4n) is 0.506. The molecule has 0 aliphatic heterocycles. The Bertz CT molecular complexity index is 164. The number of aliphatic hydroxyl groups excluding tert-OH is 1. The Morgan fingerprint density at radius 1 is 1.50 bits per heavy atom. The van der Waals surface area contributed by atoms with Gasteiger partial charge in [0.05, 0.1) is 5.92 Å². The molecule has 0 saturated heterocycles. The van der Waals surface area contributed by atoms with E-state index in [4.69, 9.17) is 5.11 Å². The van der Waals surface area contributed by atoms with Crippen molar-refractivity contribution in [2.24, 2.45) is 5.92 Å². The molecule has 0 aromatic heterocycles. The molecular weight excluding hydrogens is 160 g/mol. The van der Waals surface area contributed by atoms with Gasteiger partial charge >= 0.3 is 5.97 Å². The van der Waals surface area contributed by atoms with E-state index in [9.17, 15) is 9.59 Å². The number of ether oxygens (including phenoxy) is 1. The molecule has 70 valence electrons. The molecule has 1 unspecified atom stereocenters. The molecule has 1 atom stereocenters. The number of rotatable bonds is 5. The lowest BCUT2D eigenvalue weighted by atomic mass is 10.1. The zero-order chi connectivity index (χ0) is 9.56. The molecule has 0 aliphatic rings. The van der Waals surface area contributed by atoms with Crippen LogP contribution in [0.25, 0.3) is 0 Å². The first-order valence-electron chi connectivity index (χ1n) is 3.91. The van der Waals surface area contributed by atoms with Crippen LogP contribution in [0.1, 0.15) is 20.3 Å². The van der Waals surface area contributed by atoms with Crippen molar-refractivity contribution in [1.29, 1.82) is 0 Å². The topological polar surface area (TPSA) is 63.6 Å². The number of esters is 1. The van der Waals surface area contributed by atoms with E-state index in [1.54, 1.807) is 6.92 Å². The van der Waals surface area contributed by atoms with Gasteiger partial charge in [-0.15, -0.1) is 0 Å². The Labute approximate surface area is 71.5 Å². The highest BCUT2D eigenvalue weighted by Crippen LogP contribution is 2.02. The van der Waals surface area contributed by atoms with Crippen LogP contribution in [0.4, 0.5) is 0 Å². The van der Waals surface area contributed by atoms with Gasteiger partial charge in [-0.2, -0.15) is 0 Å². The summed E-state index contributed by atoms with van der Waals surface area (Å²) in [6, 6.07) is 0. The first-order chi connectivity index (χ1) is 5.61. The number of carbonyl (C=O) groups excluding carboxylic acids is 2. The lowest BCUT2D eigenvalue weighted by Crippen LogP contribution is -2.20. The molecule has 0 spiro atoms. The zero-order valence-corrected chi connectivity index (χ0v) is 7.37. The molecule has 12 heavy (non-hydrogen) atoms. The number of ketones is 1. The molecule has 0 rings (SSSR count). The monoisotopic (exact) mass is 174 g/mol. The first-order valence-corrected chi connectivity index (χ1v) is 3.91. The van der Waals surface area contributed by atoms with Gasteiger partial charge in [-0.1, -0.05) is 13.8 Å². The molecule has 0 aromatic rings. The van der Waals surface area contributed by atoms with Gasteiger partial charge in [0, 0.05) is 0 Å². The average Bonchev–Trinajstić information content (AvgIpc) is 2.11. The van der Waals surface area contributed by atoms with Gasteiger partial charge in [-0.05, 0) is 6.42 Å². The van der Waals surface area contributed by atoms with Crippen LogP contribution in [0.2, 0.25) is 0 Å². The van der Waals surface area contributed by atoms with E-state index in [0.29, 0.717) is 6.42 Å². The Morgan fingerprint density at radius 3 is 2.50 bits per heavy atom. The van der Waals surface area contributed by atoms with Crippen LogP contribution >= 0.6 is 0 Å². The maximum Gasteiger partial charge on any atom is 0.309 e. The van der Waals surface area contributed by atoms with Gasteiger partial charge < -0.3 is 9.84 Å². The second-order valence-electron chi connectivity index (χ2n) is 2.61. The summed E-state index contributed by atoms with van der Waals surface area (Å²) in [7, 11) is 0. The van der Waals surface area contributed by atoms with Crippen molar-refractivity contribution in [3.05, 3.63) is 0 Å². The van der Waals surface area contributed by atoms with E-state index in [1.165, 1.54) is 0 Å². The van der Waals surface area contributed by atoms with Gasteiger partial charge in [0.2, 0.25) is 0 Å². The van der Waals surface area contributed by atoms with Crippen LogP contribution in [-0.2, 0) is 14.3 Å². The standard InChI is InChI=1S/C8H14O4/c1-3-6(2)8(11)12-5-7(10)4-9/h6,9H,3-5H2,1-2H3. The highest BCUT2D eigenvalue weighted by atomic mass is 16.5. The van der Waals surface area contributed by atoms with E-state index in [1.807, 2.05) is 6.92 Å². The largest absolute Gasteiger partial charge is 0.457 e. The second-order valence-corrected chi connectivity index (χ2v) is 2.61. The molecule has 0 aromatic carbocycles. The van der Waals surface area contributed by atoms with Crippen LogP contribution in [0, 0.1) is 5.92 Å². The summed E-state index contributed by atoms with van der Waals surface area (Å²) in [6.45, 7) is 2.69. The SMILES string of the molecule is CCC(C)C(=O)OCC(=O)CO. The summed E-state index contributed by atoms with van der Waals surface area (Å²) >= 11 is 0. The minimum Gasteiger partial charge on any atom is -0.457 e. The lowest BCUT2D eigenvalue weighted by Gasteiger charge is -2.07. The van der Waals surface area contributed by atoms with Crippen molar-refractivity contribution < 1.29 is 19.4 Å². The van der Waals surface area contributed by atoms with E-state index in [-0.39, 0.29) is 18.5 Å². The van der Waals surface area contributed by atoms with Crippen molar-refractivity contribution in [2.75, 3.05) is 13.2 Å². The number of hydrogen-bond donors (Lipinski definition) is 1. The number of carbonyl (C=O) groups is 2. The third-order valence-electron chi connectivity index (χ3n) is 1.57. The Kier molecular flexibility index (Phi) is 5.28. The third-order valence-corrected chi connectivity index (χ3v) is 1.57. The molecule has 0 aliphatic carbocycles. The number of aliphatic hydroxyl groups is 1. The van der Waals surface area contributed by atoms with Crippen molar-refractivity contribution in [3.8, 4) is 0 Å². The van der Waals surface area contributed by atoms with Crippen LogP contribution in [0.5, 0.6) is 0 Å². The molecule has 0 amide bonds. The summed E-state index contributed by atoms with van der Waals surface area (Å²) in [5.74, 6) is -1.05. The van der Waals surface area contributed by atoms with Crippen molar-refractivity contribution in [2.45, 2.75) is 20.3 Å². The van der Waals surface area contributed by atoms with Gasteiger partial charge in [0.25, 0.3) is 0 Å². The Morgan fingerprint density at radius 2 is 2.08 bits per heavy atom. The average molecular weight is 174 g/mol. The van der Waals surface area contributed by atoms with E-state index < -0.39 is 12.4 Å².